The van der Waals surface area contributed by atoms with Gasteiger partial charge in [0.2, 0.25) is 11.7 Å². The highest BCUT2D eigenvalue weighted by molar-refractivity contribution is 6.15. The van der Waals surface area contributed by atoms with Crippen LogP contribution in [-0.2, 0) is 9.53 Å². The lowest BCUT2D eigenvalue weighted by molar-refractivity contribution is -0.140. The van der Waals surface area contributed by atoms with Crippen molar-refractivity contribution in [1.82, 2.24) is 4.98 Å². The molecule has 1 unspecified atom stereocenters. The van der Waals surface area contributed by atoms with E-state index in [0.29, 0.717) is 45.6 Å². The molecule has 172 valence electrons. The minimum absolute atomic E-state index is 0.0465. The Kier molecular flexibility index (Phi) is 5.41. The lowest BCUT2D eigenvalue weighted by Crippen LogP contribution is -2.16. The van der Waals surface area contributed by atoms with Gasteiger partial charge in [-0.1, -0.05) is 6.07 Å². The van der Waals surface area contributed by atoms with Gasteiger partial charge < -0.3 is 23.7 Å². The number of rotatable bonds is 5. The number of carbonyl (C=O) groups excluding carboxylic acids is 2. The Morgan fingerprint density at radius 2 is 1.94 bits per heavy atom. The van der Waals surface area contributed by atoms with Crippen LogP contribution in [0.2, 0.25) is 0 Å². The van der Waals surface area contributed by atoms with Gasteiger partial charge in [-0.3, -0.25) is 9.59 Å². The molecule has 0 spiro atoms. The molecule has 0 fully saturated rings. The molecule has 3 heterocycles. The van der Waals surface area contributed by atoms with E-state index >= 15 is 0 Å². The fraction of sp³-hybridized carbons (Fsp3) is 0.192. The maximum atomic E-state index is 13.2. The van der Waals surface area contributed by atoms with E-state index in [2.05, 4.69) is 4.98 Å². The Hall–Kier alpha value is -4.33. The number of nitrogens with zero attached hydrogens (tertiary/aromatic N) is 1. The minimum Gasteiger partial charge on any atom is -0.497 e. The molecule has 0 aliphatic carbocycles. The molecule has 0 saturated heterocycles. The highest BCUT2D eigenvalue weighted by atomic mass is 16.5. The van der Waals surface area contributed by atoms with Crippen molar-refractivity contribution in [2.24, 2.45) is 0 Å². The summed E-state index contributed by atoms with van der Waals surface area (Å²) in [4.78, 5) is 29.8. The van der Waals surface area contributed by atoms with Crippen LogP contribution in [0.25, 0.3) is 6.08 Å². The molecule has 0 N–H and O–H groups in total. The molecule has 34 heavy (non-hydrogen) atoms. The van der Waals surface area contributed by atoms with Gasteiger partial charge in [0.25, 0.3) is 0 Å². The smallest absolute Gasteiger partial charge is 0.306 e. The summed E-state index contributed by atoms with van der Waals surface area (Å²) in [5, 5.41) is 0. The Labute approximate surface area is 195 Å². The Morgan fingerprint density at radius 1 is 1.09 bits per heavy atom. The molecule has 1 aromatic heterocycles. The van der Waals surface area contributed by atoms with Crippen molar-refractivity contribution < 1.29 is 33.3 Å². The number of fused-ring (bicyclic) bond motifs is 4. The number of benzene rings is 2. The first-order valence-electron chi connectivity index (χ1n) is 10.6. The molecule has 0 saturated carbocycles. The van der Waals surface area contributed by atoms with Gasteiger partial charge in [-0.05, 0) is 36.4 Å². The molecule has 8 heteroatoms. The van der Waals surface area contributed by atoms with Gasteiger partial charge in [0.15, 0.2) is 5.76 Å². The normalized spacial score (nSPS) is 16.6. The average molecular weight is 459 g/mol. The predicted molar refractivity (Wildman–Crippen MR) is 122 cm³/mol. The van der Waals surface area contributed by atoms with Gasteiger partial charge >= 0.3 is 5.97 Å². The molecule has 8 nitrogen and oxygen atoms in total. The zero-order chi connectivity index (χ0) is 23.8. The second-order valence-corrected chi connectivity index (χ2v) is 7.73. The second kappa shape index (κ2) is 8.55. The maximum Gasteiger partial charge on any atom is 0.306 e. The molecule has 0 bridgehead atoms. The summed E-state index contributed by atoms with van der Waals surface area (Å²) < 4.78 is 27.7. The summed E-state index contributed by atoms with van der Waals surface area (Å²) in [6.45, 7) is 0. The van der Waals surface area contributed by atoms with Crippen molar-refractivity contribution in [1.29, 1.82) is 0 Å². The van der Waals surface area contributed by atoms with Gasteiger partial charge in [0, 0.05) is 34.9 Å². The number of ketones is 1. The number of pyridine rings is 1. The van der Waals surface area contributed by atoms with Crippen molar-refractivity contribution in [3.8, 4) is 28.9 Å². The van der Waals surface area contributed by atoms with E-state index in [-0.39, 0.29) is 18.0 Å². The van der Waals surface area contributed by atoms with Crippen LogP contribution in [0.3, 0.4) is 0 Å². The lowest BCUT2D eigenvalue weighted by Gasteiger charge is -2.27. The largest absolute Gasteiger partial charge is 0.497 e. The highest BCUT2D eigenvalue weighted by Gasteiger charge is 2.39. The van der Waals surface area contributed by atoms with E-state index in [1.807, 2.05) is 6.07 Å². The number of methoxy groups -OCH3 is 3. The third-order valence-corrected chi connectivity index (χ3v) is 5.89. The zero-order valence-corrected chi connectivity index (χ0v) is 18.8. The van der Waals surface area contributed by atoms with Gasteiger partial charge in [-0.15, -0.1) is 0 Å². The van der Waals surface area contributed by atoms with E-state index in [1.54, 1.807) is 62.9 Å². The van der Waals surface area contributed by atoms with Gasteiger partial charge in [0.1, 0.15) is 23.0 Å². The monoisotopic (exact) mass is 459 g/mol. The van der Waals surface area contributed by atoms with E-state index in [4.69, 9.17) is 23.7 Å². The van der Waals surface area contributed by atoms with Gasteiger partial charge in [0.05, 0.1) is 33.3 Å². The van der Waals surface area contributed by atoms with Crippen LogP contribution in [-0.4, -0.2) is 38.1 Å². The Balaban J connectivity index is 1.60. The predicted octanol–water partition coefficient (Wildman–Crippen LogP) is 4.52. The first-order chi connectivity index (χ1) is 16.5. The fourth-order valence-corrected chi connectivity index (χ4v) is 4.23. The number of aromatic nitrogens is 1. The van der Waals surface area contributed by atoms with Crippen LogP contribution < -0.4 is 18.9 Å². The SMILES string of the molecule is COC(=O)CC1c2cccnc2Oc2ccc3c(c21)OC(=Cc1ccc(OC)cc1OC)C3=O. The van der Waals surface area contributed by atoms with E-state index in [1.165, 1.54) is 7.11 Å². The molecule has 0 amide bonds. The Morgan fingerprint density at radius 3 is 2.71 bits per heavy atom. The second-order valence-electron chi connectivity index (χ2n) is 7.73. The van der Waals surface area contributed by atoms with Crippen molar-refractivity contribution in [2.45, 2.75) is 12.3 Å². The summed E-state index contributed by atoms with van der Waals surface area (Å²) in [7, 11) is 4.45. The number of ether oxygens (including phenoxy) is 5. The number of carbonyl (C=O) groups is 2. The lowest BCUT2D eigenvalue weighted by atomic mass is 9.85. The molecule has 2 aliphatic rings. The summed E-state index contributed by atoms with van der Waals surface area (Å²) in [6.07, 6.45) is 3.29. The van der Waals surface area contributed by atoms with Crippen molar-refractivity contribution >= 4 is 17.8 Å². The standard InChI is InChI=1S/C26H21NO7/c1-30-15-7-6-14(20(12-15)31-2)11-21-24(29)17-8-9-19-23(25(17)33-21)18(13-22(28)32-3)16-5-4-10-27-26(16)34-19/h4-12,18H,13H2,1-3H3. The number of esters is 1. The molecule has 2 aromatic carbocycles. The highest BCUT2D eigenvalue weighted by Crippen LogP contribution is 2.52. The van der Waals surface area contributed by atoms with Crippen molar-refractivity contribution in [2.75, 3.05) is 21.3 Å². The van der Waals surface area contributed by atoms with Crippen LogP contribution in [0.1, 0.15) is 39.4 Å². The first kappa shape index (κ1) is 21.5. The molecule has 3 aromatic rings. The number of hydrogen-bond acceptors (Lipinski definition) is 8. The van der Waals surface area contributed by atoms with Crippen LogP contribution >= 0.6 is 0 Å². The molecule has 2 aliphatic heterocycles. The third-order valence-electron chi connectivity index (χ3n) is 5.89. The minimum atomic E-state index is -0.447. The molecular formula is C26H21NO7. The molecule has 1 atom stereocenters. The summed E-state index contributed by atoms with van der Waals surface area (Å²) in [5.74, 6) is 1.45. The zero-order valence-electron chi connectivity index (χ0n) is 18.8. The van der Waals surface area contributed by atoms with E-state index < -0.39 is 11.9 Å². The number of hydrogen-bond donors (Lipinski definition) is 0. The number of allylic oxidation sites excluding steroid dienone is 1. The topological polar surface area (TPSA) is 93.2 Å². The van der Waals surface area contributed by atoms with Crippen LogP contribution in [0.5, 0.6) is 28.9 Å². The summed E-state index contributed by atoms with van der Waals surface area (Å²) in [6, 6.07) is 12.3. The van der Waals surface area contributed by atoms with Crippen LogP contribution in [0, 0.1) is 0 Å². The van der Waals surface area contributed by atoms with Gasteiger partial charge in [-0.2, -0.15) is 0 Å². The first-order valence-corrected chi connectivity index (χ1v) is 10.6. The maximum absolute atomic E-state index is 13.2. The van der Waals surface area contributed by atoms with Crippen molar-refractivity contribution in [3.05, 3.63) is 76.7 Å². The van der Waals surface area contributed by atoms with Crippen LogP contribution in [0.4, 0.5) is 0 Å². The van der Waals surface area contributed by atoms with Crippen molar-refractivity contribution in [3.63, 3.8) is 0 Å². The quantitative estimate of drug-likeness (QED) is 0.406. The molecule has 5 rings (SSSR count). The van der Waals surface area contributed by atoms with E-state index in [9.17, 15) is 9.59 Å². The fourth-order valence-electron chi connectivity index (χ4n) is 4.23. The molecular weight excluding hydrogens is 438 g/mol. The number of Topliss-reactive ketones (excluding diaryl/α,β-unsaturated/α-hetero) is 1. The van der Waals surface area contributed by atoms with E-state index in [0.717, 1.165) is 5.56 Å². The average Bonchev–Trinajstić information content (AvgIpc) is 3.18. The van der Waals surface area contributed by atoms with Gasteiger partial charge in [-0.25, -0.2) is 4.98 Å². The molecule has 0 radical (unpaired) electrons. The summed E-state index contributed by atoms with van der Waals surface area (Å²) >= 11 is 0. The summed E-state index contributed by atoms with van der Waals surface area (Å²) in [5.41, 5.74) is 2.38. The Bertz CT molecular complexity index is 1340. The van der Waals surface area contributed by atoms with Crippen LogP contribution in [0.15, 0.2) is 54.4 Å². The third kappa shape index (κ3) is 3.53.